The molecule has 0 aromatic heterocycles. The third-order valence-corrected chi connectivity index (χ3v) is 5.89. The monoisotopic (exact) mass is 476 g/mol. The molecule has 0 saturated carbocycles. The summed E-state index contributed by atoms with van der Waals surface area (Å²) in [5.74, 6) is -0.238. The fourth-order valence-corrected chi connectivity index (χ4v) is 4.62. The van der Waals surface area contributed by atoms with Crippen molar-refractivity contribution in [1.29, 1.82) is 0 Å². The van der Waals surface area contributed by atoms with Gasteiger partial charge in [-0.15, -0.1) is 0 Å². The molecule has 6 heteroatoms. The highest BCUT2D eigenvalue weighted by Crippen LogP contribution is 2.43. The van der Waals surface area contributed by atoms with Gasteiger partial charge in [0.25, 0.3) is 0 Å². The van der Waals surface area contributed by atoms with Crippen LogP contribution in [0.4, 0.5) is 0 Å². The van der Waals surface area contributed by atoms with Crippen LogP contribution in [0.1, 0.15) is 77.2 Å². The van der Waals surface area contributed by atoms with Crippen LogP contribution in [0.25, 0.3) is 0 Å². The molecule has 1 aliphatic rings. The first-order valence-electron chi connectivity index (χ1n) is 11.8. The molecule has 3 rings (SSSR count). The van der Waals surface area contributed by atoms with Crippen molar-refractivity contribution in [2.24, 2.45) is 0 Å². The SMILES string of the molecule is CCOc1ccc(C(OC(C)C)c2cc([C@@]3(OC(C)C)CC(O)CC(C)O3)ccc2Cl)cc1. The van der Waals surface area contributed by atoms with Crippen LogP contribution in [0.3, 0.4) is 0 Å². The Morgan fingerprint density at radius 1 is 1.09 bits per heavy atom. The molecule has 4 atom stereocenters. The van der Waals surface area contributed by atoms with Crippen LogP contribution in [0, 0.1) is 0 Å². The lowest BCUT2D eigenvalue weighted by Gasteiger charge is -2.43. The van der Waals surface area contributed by atoms with Crippen molar-refractivity contribution in [2.45, 2.75) is 90.7 Å². The summed E-state index contributed by atoms with van der Waals surface area (Å²) >= 11 is 6.72. The van der Waals surface area contributed by atoms with Crippen LogP contribution < -0.4 is 4.74 Å². The first-order chi connectivity index (χ1) is 15.6. The minimum Gasteiger partial charge on any atom is -0.494 e. The topological polar surface area (TPSA) is 57.2 Å². The van der Waals surface area contributed by atoms with E-state index >= 15 is 0 Å². The van der Waals surface area contributed by atoms with E-state index in [9.17, 15) is 5.11 Å². The Balaban J connectivity index is 2.07. The standard InChI is InChI=1S/C27H37ClO5/c1-7-30-23-11-8-20(9-12-23)26(31-17(2)3)24-15-21(10-13-25(24)28)27(32-18(4)5)16-22(29)14-19(6)33-27/h8-13,15,17-19,22,26,29H,7,14,16H2,1-6H3/t19?,22?,26?,27-/m1/s1. The summed E-state index contributed by atoms with van der Waals surface area (Å²) in [6.07, 6.45) is -0.203. The molecule has 2 aromatic rings. The Labute approximate surface area is 203 Å². The molecule has 2 aromatic carbocycles. The predicted molar refractivity (Wildman–Crippen MR) is 131 cm³/mol. The zero-order valence-corrected chi connectivity index (χ0v) is 21.3. The van der Waals surface area contributed by atoms with E-state index in [2.05, 4.69) is 0 Å². The third-order valence-electron chi connectivity index (χ3n) is 5.55. The molecule has 33 heavy (non-hydrogen) atoms. The molecule has 0 aliphatic carbocycles. The minimum atomic E-state index is -1.05. The zero-order valence-electron chi connectivity index (χ0n) is 20.5. The summed E-state index contributed by atoms with van der Waals surface area (Å²) in [4.78, 5) is 0. The highest BCUT2D eigenvalue weighted by atomic mass is 35.5. The molecule has 1 saturated heterocycles. The molecule has 1 fully saturated rings. The van der Waals surface area contributed by atoms with Crippen molar-refractivity contribution in [3.8, 4) is 5.75 Å². The van der Waals surface area contributed by atoms with Gasteiger partial charge in [-0.05, 0) is 77.8 Å². The van der Waals surface area contributed by atoms with Crippen LogP contribution >= 0.6 is 11.6 Å². The van der Waals surface area contributed by atoms with Crippen molar-refractivity contribution in [3.05, 3.63) is 64.2 Å². The Morgan fingerprint density at radius 2 is 1.79 bits per heavy atom. The van der Waals surface area contributed by atoms with Crippen LogP contribution in [-0.2, 0) is 20.0 Å². The second-order valence-electron chi connectivity index (χ2n) is 9.24. The van der Waals surface area contributed by atoms with E-state index in [1.807, 2.05) is 84.0 Å². The highest BCUT2D eigenvalue weighted by Gasteiger charge is 2.44. The van der Waals surface area contributed by atoms with Crippen LogP contribution in [0.15, 0.2) is 42.5 Å². The van der Waals surface area contributed by atoms with Crippen LogP contribution in [0.2, 0.25) is 5.02 Å². The van der Waals surface area contributed by atoms with E-state index in [-0.39, 0.29) is 24.4 Å². The Morgan fingerprint density at radius 3 is 2.36 bits per heavy atom. The van der Waals surface area contributed by atoms with Crippen molar-refractivity contribution in [1.82, 2.24) is 0 Å². The van der Waals surface area contributed by atoms with Gasteiger partial charge in [0.2, 0.25) is 0 Å². The van der Waals surface area contributed by atoms with E-state index in [4.69, 9.17) is 30.5 Å². The number of aliphatic hydroxyl groups is 1. The molecule has 1 N–H and O–H groups in total. The van der Waals surface area contributed by atoms with Gasteiger partial charge in [0.15, 0.2) is 5.79 Å². The Bertz CT molecular complexity index is 880. The molecule has 0 radical (unpaired) electrons. The highest BCUT2D eigenvalue weighted by molar-refractivity contribution is 6.31. The van der Waals surface area contributed by atoms with E-state index < -0.39 is 11.9 Å². The number of benzene rings is 2. The van der Waals surface area contributed by atoms with Crippen LogP contribution in [-0.4, -0.2) is 36.1 Å². The molecular formula is C27H37ClO5. The quantitative estimate of drug-likeness (QED) is 0.454. The van der Waals surface area contributed by atoms with Gasteiger partial charge in [-0.2, -0.15) is 0 Å². The van der Waals surface area contributed by atoms with Crippen molar-refractivity contribution in [3.63, 3.8) is 0 Å². The van der Waals surface area contributed by atoms with Crippen molar-refractivity contribution in [2.75, 3.05) is 6.61 Å². The lowest BCUT2D eigenvalue weighted by atomic mass is 9.90. The maximum Gasteiger partial charge on any atom is 0.197 e. The molecule has 5 nitrogen and oxygen atoms in total. The van der Waals surface area contributed by atoms with Gasteiger partial charge in [-0.25, -0.2) is 0 Å². The number of rotatable bonds is 9. The van der Waals surface area contributed by atoms with E-state index in [1.165, 1.54) is 0 Å². The van der Waals surface area contributed by atoms with E-state index in [0.29, 0.717) is 24.5 Å². The van der Waals surface area contributed by atoms with Crippen molar-refractivity contribution >= 4 is 11.6 Å². The average molecular weight is 477 g/mol. The normalized spacial score (nSPS) is 24.3. The van der Waals surface area contributed by atoms with Gasteiger partial charge < -0.3 is 24.1 Å². The first-order valence-corrected chi connectivity index (χ1v) is 12.2. The summed E-state index contributed by atoms with van der Waals surface area (Å²) in [5.41, 5.74) is 2.63. The van der Waals surface area contributed by atoms with Gasteiger partial charge in [-0.3, -0.25) is 0 Å². The third kappa shape index (κ3) is 6.49. The fraction of sp³-hybridized carbons (Fsp3) is 0.556. The number of hydrogen-bond acceptors (Lipinski definition) is 5. The molecular weight excluding hydrogens is 440 g/mol. The lowest BCUT2D eigenvalue weighted by molar-refractivity contribution is -0.314. The summed E-state index contributed by atoms with van der Waals surface area (Å²) < 4.78 is 24.6. The minimum absolute atomic E-state index is 0.0186. The van der Waals surface area contributed by atoms with Gasteiger partial charge in [-0.1, -0.05) is 29.8 Å². The number of halogens is 1. The summed E-state index contributed by atoms with van der Waals surface area (Å²) in [7, 11) is 0. The maximum absolute atomic E-state index is 10.6. The van der Waals surface area contributed by atoms with Crippen LogP contribution in [0.5, 0.6) is 5.75 Å². The summed E-state index contributed by atoms with van der Waals surface area (Å²) in [6, 6.07) is 13.7. The van der Waals surface area contributed by atoms with Gasteiger partial charge in [0, 0.05) is 22.6 Å². The first kappa shape index (κ1) is 26.0. The number of ether oxygens (including phenoxy) is 4. The molecule has 0 bridgehead atoms. The Kier molecular flexibility index (Phi) is 8.82. The van der Waals surface area contributed by atoms with E-state index in [1.54, 1.807) is 0 Å². The zero-order chi connectivity index (χ0) is 24.2. The number of aliphatic hydroxyl groups excluding tert-OH is 1. The van der Waals surface area contributed by atoms with Crippen molar-refractivity contribution < 1.29 is 24.1 Å². The molecule has 182 valence electrons. The maximum atomic E-state index is 10.6. The largest absolute Gasteiger partial charge is 0.494 e. The predicted octanol–water partition coefficient (Wildman–Crippen LogP) is 6.39. The summed E-state index contributed by atoms with van der Waals surface area (Å²) in [5, 5.41) is 11.2. The second-order valence-corrected chi connectivity index (χ2v) is 9.65. The Hall–Kier alpha value is -1.63. The average Bonchev–Trinajstić information content (AvgIpc) is 2.72. The molecule has 0 amide bonds. The molecule has 1 heterocycles. The van der Waals surface area contributed by atoms with Gasteiger partial charge in [0.1, 0.15) is 11.9 Å². The van der Waals surface area contributed by atoms with E-state index in [0.717, 1.165) is 22.4 Å². The second kappa shape index (κ2) is 11.2. The number of hydrogen-bond donors (Lipinski definition) is 1. The summed E-state index contributed by atoms with van der Waals surface area (Å²) in [6.45, 7) is 12.5. The van der Waals surface area contributed by atoms with Gasteiger partial charge in [0.05, 0.1) is 31.0 Å². The fourth-order valence-electron chi connectivity index (χ4n) is 4.40. The molecule has 0 spiro atoms. The lowest BCUT2D eigenvalue weighted by Crippen LogP contribution is -2.46. The molecule has 1 aliphatic heterocycles. The van der Waals surface area contributed by atoms with Gasteiger partial charge >= 0.3 is 0 Å². The molecule has 3 unspecified atom stereocenters. The smallest absolute Gasteiger partial charge is 0.197 e.